The van der Waals surface area contributed by atoms with E-state index in [-0.39, 0.29) is 11.0 Å². The molecular weight excluding hydrogens is 286 g/mol. The van der Waals surface area contributed by atoms with Gasteiger partial charge in [0.1, 0.15) is 5.39 Å². The van der Waals surface area contributed by atoms with Crippen LogP contribution in [-0.2, 0) is 0 Å². The smallest absolute Gasteiger partial charge is 0.347 e. The lowest BCUT2D eigenvalue weighted by Gasteiger charge is -2.03. The van der Waals surface area contributed by atoms with Crippen molar-refractivity contribution in [2.45, 2.75) is 0 Å². The molecule has 4 aromatic rings. The number of para-hydroxylation sites is 1. The Morgan fingerprint density at radius 1 is 0.955 bits per heavy atom. The van der Waals surface area contributed by atoms with Gasteiger partial charge in [-0.1, -0.05) is 18.2 Å². The highest BCUT2D eigenvalue weighted by Gasteiger charge is 2.15. The van der Waals surface area contributed by atoms with Gasteiger partial charge in [-0.05, 0) is 6.07 Å². The quantitative estimate of drug-likeness (QED) is 0.406. The molecule has 3 heterocycles. The number of aromatic amines is 4. The first-order valence-corrected chi connectivity index (χ1v) is 6.46. The van der Waals surface area contributed by atoms with Crippen molar-refractivity contribution in [3.8, 4) is 11.3 Å². The number of hydrogen-bond acceptors (Lipinski definition) is 4. The monoisotopic (exact) mass is 295 g/mol. The number of nitrogens with zero attached hydrogens (tertiary/aromatic N) is 1. The molecule has 0 aliphatic heterocycles. The van der Waals surface area contributed by atoms with E-state index in [9.17, 15) is 14.4 Å². The van der Waals surface area contributed by atoms with E-state index < -0.39 is 16.9 Å². The summed E-state index contributed by atoms with van der Waals surface area (Å²) in [4.78, 5) is 49.0. The first-order chi connectivity index (χ1) is 10.6. The van der Waals surface area contributed by atoms with Crippen LogP contribution in [0.2, 0.25) is 0 Å². The van der Waals surface area contributed by atoms with Gasteiger partial charge in [0.25, 0.3) is 5.56 Å². The second-order valence-electron chi connectivity index (χ2n) is 4.80. The first-order valence-electron chi connectivity index (χ1n) is 6.46. The minimum atomic E-state index is -0.708. The average Bonchev–Trinajstić information content (AvgIpc) is 2.89. The summed E-state index contributed by atoms with van der Waals surface area (Å²) in [5.74, 6) is 0. The second-order valence-corrected chi connectivity index (χ2v) is 4.80. The minimum absolute atomic E-state index is 0.0437. The molecule has 0 bridgehead atoms. The number of aromatic nitrogens is 5. The molecule has 8 heteroatoms. The molecule has 108 valence electrons. The van der Waals surface area contributed by atoms with Gasteiger partial charge in [-0.2, -0.15) is 4.98 Å². The topological polar surface area (TPSA) is 127 Å². The highest BCUT2D eigenvalue weighted by Crippen LogP contribution is 2.28. The van der Waals surface area contributed by atoms with Crippen molar-refractivity contribution in [3.63, 3.8) is 0 Å². The predicted octanol–water partition coefficient (Wildman–Crippen LogP) is 0.448. The molecule has 0 unspecified atom stereocenters. The summed E-state index contributed by atoms with van der Waals surface area (Å²) in [7, 11) is 0. The van der Waals surface area contributed by atoms with Crippen molar-refractivity contribution >= 4 is 21.9 Å². The van der Waals surface area contributed by atoms with Crippen molar-refractivity contribution < 1.29 is 0 Å². The van der Waals surface area contributed by atoms with Crippen LogP contribution < -0.4 is 16.9 Å². The fraction of sp³-hybridized carbons (Fsp3) is 0. The third-order valence-electron chi connectivity index (χ3n) is 3.48. The summed E-state index contributed by atoms with van der Waals surface area (Å²) in [6, 6.07) is 7.48. The number of rotatable bonds is 1. The Bertz CT molecular complexity index is 1190. The largest absolute Gasteiger partial charge is 0.360 e. The molecule has 4 N–H and O–H groups in total. The molecule has 0 radical (unpaired) electrons. The molecular formula is C14H9N5O3. The third kappa shape index (κ3) is 1.71. The van der Waals surface area contributed by atoms with E-state index in [1.165, 1.54) is 0 Å². The van der Waals surface area contributed by atoms with Crippen LogP contribution in [0.5, 0.6) is 0 Å². The molecule has 8 nitrogen and oxygen atoms in total. The van der Waals surface area contributed by atoms with E-state index >= 15 is 0 Å². The molecule has 0 spiro atoms. The Hall–Kier alpha value is -3.42. The van der Waals surface area contributed by atoms with Gasteiger partial charge in [-0.3, -0.25) is 14.8 Å². The molecule has 1 aromatic carbocycles. The Morgan fingerprint density at radius 2 is 1.77 bits per heavy atom. The van der Waals surface area contributed by atoms with Crippen LogP contribution in [0, 0.1) is 0 Å². The molecule has 0 aliphatic carbocycles. The standard InChI is InChI=1S/C14H9N5O3/c20-12-9-10(7-5-15-8-4-2-1-3-6(7)8)16-13(21)17-11(9)18-14(22)19-12/h1-5,15H,(H3,16,17,18,19,20,21,22). The number of nitrogens with one attached hydrogen (secondary N) is 4. The van der Waals surface area contributed by atoms with Gasteiger partial charge in [-0.25, -0.2) is 9.59 Å². The van der Waals surface area contributed by atoms with E-state index in [2.05, 4.69) is 24.9 Å². The zero-order valence-corrected chi connectivity index (χ0v) is 11.1. The van der Waals surface area contributed by atoms with Crippen molar-refractivity contribution in [2.75, 3.05) is 0 Å². The molecule has 4 rings (SSSR count). The highest BCUT2D eigenvalue weighted by molar-refractivity contribution is 6.01. The maximum absolute atomic E-state index is 12.1. The van der Waals surface area contributed by atoms with Gasteiger partial charge in [0.05, 0.1) is 5.69 Å². The van der Waals surface area contributed by atoms with E-state index in [0.717, 1.165) is 10.9 Å². The van der Waals surface area contributed by atoms with E-state index in [4.69, 9.17) is 0 Å². The zero-order chi connectivity index (χ0) is 15.3. The highest BCUT2D eigenvalue weighted by atomic mass is 16.2. The zero-order valence-electron chi connectivity index (χ0n) is 11.1. The maximum Gasteiger partial charge on any atom is 0.347 e. The van der Waals surface area contributed by atoms with Gasteiger partial charge >= 0.3 is 11.4 Å². The van der Waals surface area contributed by atoms with Gasteiger partial charge < -0.3 is 9.97 Å². The van der Waals surface area contributed by atoms with Crippen LogP contribution in [0.1, 0.15) is 0 Å². The average molecular weight is 295 g/mol. The van der Waals surface area contributed by atoms with Crippen LogP contribution in [0.25, 0.3) is 33.2 Å². The Kier molecular flexibility index (Phi) is 2.40. The van der Waals surface area contributed by atoms with Gasteiger partial charge in [0.2, 0.25) is 0 Å². The number of fused-ring (bicyclic) bond motifs is 2. The molecule has 3 aromatic heterocycles. The first kappa shape index (κ1) is 12.3. The summed E-state index contributed by atoms with van der Waals surface area (Å²) in [5, 5.41) is 0.972. The normalized spacial score (nSPS) is 11.3. The summed E-state index contributed by atoms with van der Waals surface area (Å²) in [6.07, 6.45) is 1.69. The lowest BCUT2D eigenvalue weighted by Crippen LogP contribution is -2.26. The van der Waals surface area contributed by atoms with Crippen molar-refractivity contribution in [1.82, 2.24) is 24.9 Å². The van der Waals surface area contributed by atoms with Crippen LogP contribution in [0.15, 0.2) is 44.8 Å². The molecule has 0 saturated carbocycles. The van der Waals surface area contributed by atoms with Crippen LogP contribution in [-0.4, -0.2) is 24.9 Å². The Balaban J connectivity index is 2.22. The fourth-order valence-electron chi connectivity index (χ4n) is 2.57. The maximum atomic E-state index is 12.1. The minimum Gasteiger partial charge on any atom is -0.360 e. The van der Waals surface area contributed by atoms with Crippen molar-refractivity contribution in [3.05, 3.63) is 61.8 Å². The predicted molar refractivity (Wildman–Crippen MR) is 80.9 cm³/mol. The molecule has 0 fully saturated rings. The summed E-state index contributed by atoms with van der Waals surface area (Å²) in [5.41, 5.74) is -0.179. The molecule has 0 amide bonds. The van der Waals surface area contributed by atoms with Crippen LogP contribution in [0.3, 0.4) is 0 Å². The van der Waals surface area contributed by atoms with Gasteiger partial charge in [-0.15, -0.1) is 0 Å². The molecule has 0 saturated heterocycles. The van der Waals surface area contributed by atoms with Crippen molar-refractivity contribution in [2.24, 2.45) is 0 Å². The second kappa shape index (κ2) is 4.29. The molecule has 0 atom stereocenters. The van der Waals surface area contributed by atoms with Gasteiger partial charge in [0.15, 0.2) is 5.65 Å². The lowest BCUT2D eigenvalue weighted by molar-refractivity contribution is 1.02. The van der Waals surface area contributed by atoms with Gasteiger partial charge in [0, 0.05) is 22.7 Å². The summed E-state index contributed by atoms with van der Waals surface area (Å²) < 4.78 is 0. The lowest BCUT2D eigenvalue weighted by atomic mass is 10.1. The SMILES string of the molecule is O=c1nc2[nH]c(=O)[nH]c(=O)c2c(-c2c[nH]c3ccccc23)[nH]1. The van der Waals surface area contributed by atoms with E-state index in [1.807, 2.05) is 24.3 Å². The molecule has 0 aliphatic rings. The summed E-state index contributed by atoms with van der Waals surface area (Å²) in [6.45, 7) is 0. The van der Waals surface area contributed by atoms with E-state index in [1.54, 1.807) is 6.20 Å². The third-order valence-corrected chi connectivity index (χ3v) is 3.48. The molecule has 22 heavy (non-hydrogen) atoms. The van der Waals surface area contributed by atoms with Crippen LogP contribution in [0.4, 0.5) is 0 Å². The number of benzene rings is 1. The number of hydrogen-bond donors (Lipinski definition) is 4. The van der Waals surface area contributed by atoms with Crippen molar-refractivity contribution in [1.29, 1.82) is 0 Å². The fourth-order valence-corrected chi connectivity index (χ4v) is 2.57. The number of H-pyrrole nitrogens is 4. The summed E-state index contributed by atoms with van der Waals surface area (Å²) >= 11 is 0. The van der Waals surface area contributed by atoms with E-state index in [0.29, 0.717) is 11.3 Å². The Morgan fingerprint density at radius 3 is 2.64 bits per heavy atom. The van der Waals surface area contributed by atoms with Crippen LogP contribution >= 0.6 is 0 Å². The Labute approximate surface area is 120 Å².